The standard InChI is InChI=1S/C7H15NO4Si/c1-10-6(4-13)7(11-2,12-3)8-5-9/h6H,4H2,1-3,13H3. The van der Waals surface area contributed by atoms with Crippen molar-refractivity contribution in [2.75, 3.05) is 21.3 Å². The van der Waals surface area contributed by atoms with E-state index in [1.807, 2.05) is 0 Å². The first kappa shape index (κ1) is 12.5. The lowest BCUT2D eigenvalue weighted by molar-refractivity contribution is -0.254. The highest BCUT2D eigenvalue weighted by molar-refractivity contribution is 6.08. The highest BCUT2D eigenvalue weighted by atomic mass is 28.1. The highest BCUT2D eigenvalue weighted by Gasteiger charge is 2.39. The summed E-state index contributed by atoms with van der Waals surface area (Å²) in [5.74, 6) is -1.34. The van der Waals surface area contributed by atoms with Gasteiger partial charge >= 0.3 is 5.91 Å². The number of isocyanates is 1. The van der Waals surface area contributed by atoms with Crippen molar-refractivity contribution in [3.8, 4) is 0 Å². The largest absolute Gasteiger partial charge is 0.374 e. The van der Waals surface area contributed by atoms with Crippen molar-refractivity contribution in [2.24, 2.45) is 4.99 Å². The fraction of sp³-hybridized carbons (Fsp3) is 0.857. The molecule has 1 unspecified atom stereocenters. The van der Waals surface area contributed by atoms with Gasteiger partial charge in [-0.3, -0.25) is 0 Å². The predicted octanol–water partition coefficient (Wildman–Crippen LogP) is -0.933. The Morgan fingerprint density at radius 1 is 1.46 bits per heavy atom. The Balaban J connectivity index is 4.81. The Hall–Kier alpha value is -0.523. The monoisotopic (exact) mass is 205 g/mol. The van der Waals surface area contributed by atoms with Crippen LogP contribution in [-0.2, 0) is 19.0 Å². The number of hydrogen-bond acceptors (Lipinski definition) is 5. The van der Waals surface area contributed by atoms with Crippen molar-refractivity contribution < 1.29 is 19.0 Å². The average Bonchev–Trinajstić information content (AvgIpc) is 2.18. The number of methoxy groups -OCH3 is 3. The van der Waals surface area contributed by atoms with Crippen LogP contribution in [0, 0.1) is 0 Å². The summed E-state index contributed by atoms with van der Waals surface area (Å²) >= 11 is 0. The summed E-state index contributed by atoms with van der Waals surface area (Å²) in [6.45, 7) is 0. The Morgan fingerprint density at radius 2 is 2.00 bits per heavy atom. The number of ether oxygens (including phenoxy) is 3. The average molecular weight is 205 g/mol. The van der Waals surface area contributed by atoms with Crippen LogP contribution in [-0.4, -0.2) is 49.7 Å². The zero-order valence-electron chi connectivity index (χ0n) is 8.36. The molecule has 0 saturated heterocycles. The number of aliphatic imine (C=N–C) groups is 1. The van der Waals surface area contributed by atoms with Crippen LogP contribution in [0.1, 0.15) is 0 Å². The molecule has 0 aliphatic carbocycles. The zero-order chi connectivity index (χ0) is 10.3. The minimum Gasteiger partial charge on any atom is -0.374 e. The Bertz CT molecular complexity index is 185. The lowest BCUT2D eigenvalue weighted by Gasteiger charge is -2.31. The van der Waals surface area contributed by atoms with Gasteiger partial charge in [0.15, 0.2) is 0 Å². The van der Waals surface area contributed by atoms with Gasteiger partial charge in [0.25, 0.3) is 0 Å². The van der Waals surface area contributed by atoms with E-state index in [4.69, 9.17) is 14.2 Å². The molecule has 0 N–H and O–H groups in total. The van der Waals surface area contributed by atoms with Crippen LogP contribution in [0.4, 0.5) is 0 Å². The summed E-state index contributed by atoms with van der Waals surface area (Å²) in [5, 5.41) is 0. The SMILES string of the molecule is COC(C[SiH3])C(N=C=O)(OC)OC. The molecule has 0 aliphatic heterocycles. The van der Waals surface area contributed by atoms with Crippen molar-refractivity contribution in [1.29, 1.82) is 0 Å². The molecule has 1 atom stereocenters. The van der Waals surface area contributed by atoms with E-state index in [9.17, 15) is 4.79 Å². The van der Waals surface area contributed by atoms with Gasteiger partial charge in [-0.15, -0.1) is 4.99 Å². The first-order valence-corrected chi connectivity index (χ1v) is 5.34. The van der Waals surface area contributed by atoms with Gasteiger partial charge in [0.2, 0.25) is 6.08 Å². The van der Waals surface area contributed by atoms with Gasteiger partial charge < -0.3 is 14.2 Å². The molecule has 0 heterocycles. The fourth-order valence-corrected chi connectivity index (χ4v) is 2.00. The molecule has 0 aromatic rings. The van der Waals surface area contributed by atoms with E-state index in [2.05, 4.69) is 4.99 Å². The lowest BCUT2D eigenvalue weighted by atomic mass is 10.3. The van der Waals surface area contributed by atoms with Crippen LogP contribution in [0.5, 0.6) is 0 Å². The molecule has 0 fully saturated rings. The van der Waals surface area contributed by atoms with Crippen LogP contribution in [0.2, 0.25) is 6.04 Å². The Kier molecular flexibility index (Phi) is 5.77. The molecule has 0 spiro atoms. The minimum atomic E-state index is -1.34. The first-order chi connectivity index (χ1) is 6.20. The van der Waals surface area contributed by atoms with Crippen LogP contribution in [0.25, 0.3) is 0 Å². The molecule has 76 valence electrons. The molecule has 6 heteroatoms. The molecule has 0 aliphatic rings. The molecule has 0 radical (unpaired) electrons. The Labute approximate surface area is 80.5 Å². The molecule has 0 rings (SSSR count). The second-order valence-corrected chi connectivity index (χ2v) is 3.19. The number of nitrogens with zero attached hydrogens (tertiary/aromatic N) is 1. The van der Waals surface area contributed by atoms with Gasteiger partial charge in [0.1, 0.15) is 6.10 Å². The second-order valence-electron chi connectivity index (χ2n) is 2.37. The predicted molar refractivity (Wildman–Crippen MR) is 50.4 cm³/mol. The van der Waals surface area contributed by atoms with Crippen LogP contribution >= 0.6 is 0 Å². The van der Waals surface area contributed by atoms with Crippen LogP contribution in [0.3, 0.4) is 0 Å². The number of rotatable bonds is 6. The third-order valence-electron chi connectivity index (χ3n) is 1.85. The van der Waals surface area contributed by atoms with E-state index in [0.717, 1.165) is 16.3 Å². The van der Waals surface area contributed by atoms with Crippen molar-refractivity contribution in [3.63, 3.8) is 0 Å². The van der Waals surface area contributed by atoms with Crippen LogP contribution < -0.4 is 0 Å². The van der Waals surface area contributed by atoms with Gasteiger partial charge in [-0.05, 0) is 6.04 Å². The molecule has 0 aromatic carbocycles. The van der Waals surface area contributed by atoms with Gasteiger partial charge in [-0.1, -0.05) is 0 Å². The van der Waals surface area contributed by atoms with E-state index < -0.39 is 5.91 Å². The summed E-state index contributed by atoms with van der Waals surface area (Å²) in [4.78, 5) is 13.7. The van der Waals surface area contributed by atoms with Crippen molar-refractivity contribution >= 4 is 16.3 Å². The zero-order valence-corrected chi connectivity index (χ0v) is 10.4. The van der Waals surface area contributed by atoms with E-state index in [-0.39, 0.29) is 6.10 Å². The summed E-state index contributed by atoms with van der Waals surface area (Å²) in [5.41, 5.74) is 0. The van der Waals surface area contributed by atoms with Crippen molar-refractivity contribution in [1.82, 2.24) is 0 Å². The summed E-state index contributed by atoms with van der Waals surface area (Å²) in [6, 6.07) is 0.753. The molecular weight excluding hydrogens is 190 g/mol. The van der Waals surface area contributed by atoms with Crippen molar-refractivity contribution in [2.45, 2.75) is 18.1 Å². The highest BCUT2D eigenvalue weighted by Crippen LogP contribution is 2.22. The third-order valence-corrected chi connectivity index (χ3v) is 2.59. The molecule has 5 nitrogen and oxygen atoms in total. The summed E-state index contributed by atoms with van der Waals surface area (Å²) in [7, 11) is 5.25. The first-order valence-electron chi connectivity index (χ1n) is 3.92. The lowest BCUT2D eigenvalue weighted by Crippen LogP contribution is -2.45. The van der Waals surface area contributed by atoms with E-state index in [0.29, 0.717) is 0 Å². The minimum absolute atomic E-state index is 0.365. The topological polar surface area (TPSA) is 57.1 Å². The van der Waals surface area contributed by atoms with Gasteiger partial charge in [-0.25, -0.2) is 4.79 Å². The third kappa shape index (κ3) is 2.72. The fourth-order valence-electron chi connectivity index (χ4n) is 1.15. The van der Waals surface area contributed by atoms with Gasteiger partial charge in [0, 0.05) is 31.6 Å². The Morgan fingerprint density at radius 3 is 2.23 bits per heavy atom. The molecule has 13 heavy (non-hydrogen) atoms. The van der Waals surface area contributed by atoms with Crippen LogP contribution in [0.15, 0.2) is 4.99 Å². The van der Waals surface area contributed by atoms with Gasteiger partial charge in [0.05, 0.1) is 0 Å². The normalized spacial score (nSPS) is 13.8. The molecule has 0 bridgehead atoms. The van der Waals surface area contributed by atoms with E-state index >= 15 is 0 Å². The summed E-state index contributed by atoms with van der Waals surface area (Å²) < 4.78 is 15.1. The quantitative estimate of drug-likeness (QED) is 0.243. The second kappa shape index (κ2) is 6.01. The maximum Gasteiger partial charge on any atom is 0.306 e. The molecule has 0 saturated carbocycles. The number of carbonyl (C=O) groups excluding carboxylic acids is 1. The maximum absolute atomic E-state index is 10.2. The number of hydrogen-bond donors (Lipinski definition) is 0. The molecule has 0 amide bonds. The van der Waals surface area contributed by atoms with Crippen molar-refractivity contribution in [3.05, 3.63) is 0 Å². The molecular formula is C7H15NO4Si. The van der Waals surface area contributed by atoms with Gasteiger partial charge in [-0.2, -0.15) is 0 Å². The summed E-state index contributed by atoms with van der Waals surface area (Å²) in [6.07, 6.45) is 1.05. The van der Waals surface area contributed by atoms with E-state index in [1.165, 1.54) is 27.4 Å². The van der Waals surface area contributed by atoms with E-state index in [1.54, 1.807) is 0 Å². The molecule has 0 aromatic heterocycles. The maximum atomic E-state index is 10.2. The smallest absolute Gasteiger partial charge is 0.306 e.